The van der Waals surface area contributed by atoms with E-state index in [2.05, 4.69) is 0 Å². The predicted octanol–water partition coefficient (Wildman–Crippen LogP) is 1.76. The van der Waals surface area contributed by atoms with Crippen molar-refractivity contribution in [3.63, 3.8) is 0 Å². The van der Waals surface area contributed by atoms with Gasteiger partial charge < -0.3 is 14.6 Å². The van der Waals surface area contributed by atoms with E-state index in [4.69, 9.17) is 9.47 Å². The van der Waals surface area contributed by atoms with Crippen LogP contribution in [0, 0.1) is 0 Å². The Bertz CT molecular complexity index is 355. The van der Waals surface area contributed by atoms with E-state index in [0.717, 1.165) is 0 Å². The Hall–Kier alpha value is -1.36. The lowest BCUT2D eigenvalue weighted by Crippen LogP contribution is -2.18. The highest BCUT2D eigenvalue weighted by atomic mass is 19.3. The van der Waals surface area contributed by atoms with Gasteiger partial charge in [-0.2, -0.15) is 0 Å². The van der Waals surface area contributed by atoms with Gasteiger partial charge in [-0.05, 0) is 6.07 Å². The van der Waals surface area contributed by atoms with E-state index in [1.54, 1.807) is 12.1 Å². The Kier molecular flexibility index (Phi) is 2.73. The molecule has 0 aromatic heterocycles. The quantitative estimate of drug-likeness (QED) is 0.818. The van der Waals surface area contributed by atoms with Crippen LogP contribution in [-0.2, 0) is 0 Å². The molecule has 1 unspecified atom stereocenters. The fraction of sp³-hybridized carbons (Fsp3) is 0.400. The number of benzene rings is 1. The molecular weight excluding hydrogens is 206 g/mol. The lowest BCUT2D eigenvalue weighted by atomic mass is 10.1. The smallest absolute Gasteiger partial charge is 0.268 e. The highest BCUT2D eigenvalue weighted by molar-refractivity contribution is 5.48. The van der Waals surface area contributed by atoms with Crippen molar-refractivity contribution in [3.05, 3.63) is 23.8 Å². The standard InChI is InChI=1S/C10H10F2O3/c11-10(12)8(13)6-2-1-3-7-9(6)15-5-4-14-7/h1-3,8,10,13H,4-5H2. The topological polar surface area (TPSA) is 38.7 Å². The summed E-state index contributed by atoms with van der Waals surface area (Å²) in [4.78, 5) is 0. The normalized spacial score (nSPS) is 16.5. The minimum atomic E-state index is -2.83. The summed E-state index contributed by atoms with van der Waals surface area (Å²) in [6.45, 7) is 0.696. The summed E-state index contributed by atoms with van der Waals surface area (Å²) in [5, 5.41) is 9.27. The molecule has 0 fully saturated rings. The number of aliphatic hydroxyl groups excluding tert-OH is 1. The second-order valence-corrected chi connectivity index (χ2v) is 3.15. The van der Waals surface area contributed by atoms with Gasteiger partial charge in [0, 0.05) is 5.56 Å². The maximum absolute atomic E-state index is 12.3. The first-order chi connectivity index (χ1) is 7.20. The fourth-order valence-corrected chi connectivity index (χ4v) is 1.46. The van der Waals surface area contributed by atoms with Crippen molar-refractivity contribution in [2.24, 2.45) is 0 Å². The lowest BCUT2D eigenvalue weighted by Gasteiger charge is -2.22. The monoisotopic (exact) mass is 216 g/mol. The van der Waals surface area contributed by atoms with Crippen LogP contribution in [0.1, 0.15) is 11.7 Å². The van der Waals surface area contributed by atoms with E-state index in [0.29, 0.717) is 19.0 Å². The molecule has 2 rings (SSSR count). The maximum atomic E-state index is 12.3. The number of alkyl halides is 2. The molecule has 1 aromatic rings. The van der Waals surface area contributed by atoms with Gasteiger partial charge in [0.15, 0.2) is 11.5 Å². The zero-order valence-electron chi connectivity index (χ0n) is 7.82. The van der Waals surface area contributed by atoms with Crippen molar-refractivity contribution >= 4 is 0 Å². The second kappa shape index (κ2) is 4.02. The van der Waals surface area contributed by atoms with Crippen LogP contribution in [0.25, 0.3) is 0 Å². The SMILES string of the molecule is OC(c1cccc2c1OCCO2)C(F)F. The van der Waals surface area contributed by atoms with Gasteiger partial charge in [0.05, 0.1) is 0 Å². The first-order valence-electron chi connectivity index (χ1n) is 4.55. The number of ether oxygens (including phenoxy) is 2. The summed E-state index contributed by atoms with van der Waals surface area (Å²) in [7, 11) is 0. The molecule has 0 aliphatic carbocycles. The van der Waals surface area contributed by atoms with Crippen molar-refractivity contribution in [1.82, 2.24) is 0 Å². The lowest BCUT2D eigenvalue weighted by molar-refractivity contribution is -0.00819. The Morgan fingerprint density at radius 2 is 1.93 bits per heavy atom. The van der Waals surface area contributed by atoms with E-state index in [-0.39, 0.29) is 11.3 Å². The molecule has 1 aromatic carbocycles. The number of aliphatic hydroxyl groups is 1. The Morgan fingerprint density at radius 3 is 2.67 bits per heavy atom. The molecule has 1 N–H and O–H groups in total. The average molecular weight is 216 g/mol. The van der Waals surface area contributed by atoms with Crippen molar-refractivity contribution in [1.29, 1.82) is 0 Å². The van der Waals surface area contributed by atoms with Crippen LogP contribution in [0.2, 0.25) is 0 Å². The van der Waals surface area contributed by atoms with Crippen molar-refractivity contribution in [2.75, 3.05) is 13.2 Å². The molecule has 0 saturated carbocycles. The Labute approximate surface area is 85.2 Å². The van der Waals surface area contributed by atoms with Gasteiger partial charge >= 0.3 is 0 Å². The third-order valence-corrected chi connectivity index (χ3v) is 2.15. The zero-order chi connectivity index (χ0) is 10.8. The number of fused-ring (bicyclic) bond motifs is 1. The summed E-state index contributed by atoms with van der Waals surface area (Å²) in [5.74, 6) is 0.620. The number of halogens is 2. The molecule has 0 radical (unpaired) electrons. The van der Waals surface area contributed by atoms with E-state index in [1.807, 2.05) is 0 Å². The van der Waals surface area contributed by atoms with Crippen LogP contribution in [0.4, 0.5) is 8.78 Å². The molecule has 0 saturated heterocycles. The van der Waals surface area contributed by atoms with Gasteiger partial charge in [0.1, 0.15) is 19.3 Å². The van der Waals surface area contributed by atoms with Crippen LogP contribution >= 0.6 is 0 Å². The minimum absolute atomic E-state index is 0.0715. The molecule has 0 spiro atoms. The fourth-order valence-electron chi connectivity index (χ4n) is 1.46. The molecule has 1 aliphatic heterocycles. The van der Waals surface area contributed by atoms with Crippen LogP contribution < -0.4 is 9.47 Å². The number of para-hydroxylation sites is 1. The molecule has 82 valence electrons. The number of rotatable bonds is 2. The number of hydrogen-bond acceptors (Lipinski definition) is 3. The molecular formula is C10H10F2O3. The highest BCUT2D eigenvalue weighted by Crippen LogP contribution is 2.38. The molecule has 1 atom stereocenters. The van der Waals surface area contributed by atoms with Gasteiger partial charge in [0.2, 0.25) is 0 Å². The molecule has 3 nitrogen and oxygen atoms in total. The van der Waals surface area contributed by atoms with Gasteiger partial charge in [0.25, 0.3) is 6.43 Å². The van der Waals surface area contributed by atoms with Crippen LogP contribution in [0.15, 0.2) is 18.2 Å². The van der Waals surface area contributed by atoms with Gasteiger partial charge in [-0.1, -0.05) is 12.1 Å². The molecule has 5 heteroatoms. The third-order valence-electron chi connectivity index (χ3n) is 2.15. The Balaban J connectivity index is 2.39. The van der Waals surface area contributed by atoms with Crippen molar-refractivity contribution in [2.45, 2.75) is 12.5 Å². The summed E-state index contributed by atoms with van der Waals surface area (Å²) < 4.78 is 35.1. The van der Waals surface area contributed by atoms with E-state index >= 15 is 0 Å². The summed E-state index contributed by atoms with van der Waals surface area (Å²) >= 11 is 0. The van der Waals surface area contributed by atoms with E-state index < -0.39 is 12.5 Å². The molecule has 15 heavy (non-hydrogen) atoms. The molecule has 0 bridgehead atoms. The van der Waals surface area contributed by atoms with E-state index in [1.165, 1.54) is 6.07 Å². The largest absolute Gasteiger partial charge is 0.486 e. The first kappa shape index (κ1) is 10.2. The second-order valence-electron chi connectivity index (χ2n) is 3.15. The highest BCUT2D eigenvalue weighted by Gasteiger charge is 2.26. The summed E-state index contributed by atoms with van der Waals surface area (Å²) in [5.41, 5.74) is 0.0715. The predicted molar refractivity (Wildman–Crippen MR) is 48.4 cm³/mol. The molecule has 1 aliphatic rings. The van der Waals surface area contributed by atoms with Crippen LogP contribution in [-0.4, -0.2) is 24.7 Å². The van der Waals surface area contributed by atoms with E-state index in [9.17, 15) is 13.9 Å². The van der Waals surface area contributed by atoms with Gasteiger partial charge in [-0.25, -0.2) is 8.78 Å². The van der Waals surface area contributed by atoms with Gasteiger partial charge in [-0.3, -0.25) is 0 Å². The third kappa shape index (κ3) is 1.87. The maximum Gasteiger partial charge on any atom is 0.268 e. The molecule has 1 heterocycles. The molecule has 0 amide bonds. The zero-order valence-corrected chi connectivity index (χ0v) is 7.82. The van der Waals surface area contributed by atoms with Crippen molar-refractivity contribution in [3.8, 4) is 11.5 Å². The van der Waals surface area contributed by atoms with Crippen molar-refractivity contribution < 1.29 is 23.4 Å². The summed E-state index contributed by atoms with van der Waals surface area (Å²) in [6.07, 6.45) is -4.66. The number of hydrogen-bond donors (Lipinski definition) is 1. The van der Waals surface area contributed by atoms with Crippen LogP contribution in [0.5, 0.6) is 11.5 Å². The van der Waals surface area contributed by atoms with Gasteiger partial charge in [-0.15, -0.1) is 0 Å². The Morgan fingerprint density at radius 1 is 1.20 bits per heavy atom. The van der Waals surface area contributed by atoms with Crippen LogP contribution in [0.3, 0.4) is 0 Å². The minimum Gasteiger partial charge on any atom is -0.486 e. The summed E-state index contributed by atoms with van der Waals surface area (Å²) in [6, 6.07) is 4.58. The first-order valence-corrected chi connectivity index (χ1v) is 4.55. The average Bonchev–Trinajstić information content (AvgIpc) is 2.27.